The zero-order valence-electron chi connectivity index (χ0n) is 17.6. The molecule has 0 radical (unpaired) electrons. The molecule has 3 rings (SSSR count). The summed E-state index contributed by atoms with van der Waals surface area (Å²) in [4.78, 5) is 11.8. The number of hydrogen-bond donors (Lipinski definition) is 1. The maximum absolute atomic E-state index is 5.52. The molecule has 1 saturated carbocycles. The van der Waals surface area contributed by atoms with Gasteiger partial charge in [-0.25, -0.2) is 0 Å². The summed E-state index contributed by atoms with van der Waals surface area (Å²) in [5, 5.41) is 3.56. The van der Waals surface area contributed by atoms with E-state index in [0.29, 0.717) is 0 Å². The quantitative estimate of drug-likeness (QED) is 0.369. The first-order chi connectivity index (χ1) is 13.2. The van der Waals surface area contributed by atoms with Gasteiger partial charge < -0.3 is 24.8 Å². The van der Waals surface area contributed by atoms with E-state index in [9.17, 15) is 0 Å². The van der Waals surface area contributed by atoms with Gasteiger partial charge >= 0.3 is 0 Å². The highest BCUT2D eigenvalue weighted by Gasteiger charge is 2.22. The second-order valence-corrected chi connectivity index (χ2v) is 7.54. The number of halogens is 1. The van der Waals surface area contributed by atoms with E-state index in [2.05, 4.69) is 44.2 Å². The Bertz CT molecular complexity index is 613. The van der Waals surface area contributed by atoms with Crippen LogP contribution in [0.4, 0.5) is 5.69 Å². The van der Waals surface area contributed by atoms with Crippen molar-refractivity contribution in [2.45, 2.75) is 31.7 Å². The van der Waals surface area contributed by atoms with E-state index in [4.69, 9.17) is 4.74 Å². The van der Waals surface area contributed by atoms with Crippen LogP contribution in [-0.2, 0) is 0 Å². The van der Waals surface area contributed by atoms with Gasteiger partial charge in [0.1, 0.15) is 5.75 Å². The summed E-state index contributed by atoms with van der Waals surface area (Å²) in [6, 6.07) is 9.04. The number of nitrogens with one attached hydrogen (secondary N) is 1. The van der Waals surface area contributed by atoms with Crippen molar-refractivity contribution >= 4 is 35.6 Å². The Labute approximate surface area is 187 Å². The Balaban J connectivity index is 0.00000280. The van der Waals surface area contributed by atoms with Crippen molar-refractivity contribution in [2.75, 3.05) is 65.4 Å². The Morgan fingerprint density at radius 3 is 2.50 bits per heavy atom. The van der Waals surface area contributed by atoms with Crippen LogP contribution >= 0.6 is 24.0 Å². The van der Waals surface area contributed by atoms with Gasteiger partial charge in [0.2, 0.25) is 0 Å². The minimum absolute atomic E-state index is 0. The summed E-state index contributed by atoms with van der Waals surface area (Å²) >= 11 is 0. The number of nitrogens with zero attached hydrogens (tertiary/aromatic N) is 4. The molecule has 0 atom stereocenters. The maximum atomic E-state index is 5.52. The van der Waals surface area contributed by atoms with E-state index < -0.39 is 0 Å². The van der Waals surface area contributed by atoms with Crippen molar-refractivity contribution < 1.29 is 4.74 Å². The van der Waals surface area contributed by atoms with Crippen LogP contribution in [0.3, 0.4) is 0 Å². The van der Waals surface area contributed by atoms with Crippen LogP contribution in [0.15, 0.2) is 29.3 Å². The molecule has 1 aromatic rings. The number of rotatable bonds is 6. The van der Waals surface area contributed by atoms with E-state index in [1.165, 1.54) is 31.4 Å². The van der Waals surface area contributed by atoms with Crippen LogP contribution < -0.4 is 15.0 Å². The molecule has 1 aliphatic heterocycles. The average Bonchev–Trinajstić information content (AvgIpc) is 3.26. The summed E-state index contributed by atoms with van der Waals surface area (Å²) in [6.45, 7) is 5.91. The number of methoxy groups -OCH3 is 1. The molecule has 0 amide bonds. The van der Waals surface area contributed by atoms with Crippen LogP contribution in [0, 0.1) is 0 Å². The van der Waals surface area contributed by atoms with Gasteiger partial charge in [-0.05, 0) is 32.0 Å². The molecule has 1 saturated heterocycles. The fraction of sp³-hybridized carbons (Fsp3) is 0.667. The molecule has 1 N–H and O–H groups in total. The Kier molecular flexibility index (Phi) is 9.64. The number of aliphatic imine (C=N–C) groups is 1. The molecule has 0 bridgehead atoms. The Hall–Kier alpha value is -1.22. The molecule has 0 aromatic heterocycles. The van der Waals surface area contributed by atoms with Gasteiger partial charge in [0.05, 0.1) is 12.8 Å². The fourth-order valence-corrected chi connectivity index (χ4v) is 4.25. The third-order valence-corrected chi connectivity index (χ3v) is 5.91. The van der Waals surface area contributed by atoms with E-state index in [0.717, 1.165) is 57.0 Å². The minimum Gasteiger partial charge on any atom is -0.495 e. The SMILES string of the molecule is CN=C(NCCN(C)C1CCCC1)N1CCN(c2ccccc2OC)CC1.I. The van der Waals surface area contributed by atoms with Crippen molar-refractivity contribution in [3.05, 3.63) is 24.3 Å². The summed E-state index contributed by atoms with van der Waals surface area (Å²) in [6.07, 6.45) is 5.49. The van der Waals surface area contributed by atoms with Crippen molar-refractivity contribution in [3.8, 4) is 5.75 Å². The van der Waals surface area contributed by atoms with Crippen molar-refractivity contribution in [2.24, 2.45) is 4.99 Å². The van der Waals surface area contributed by atoms with Crippen molar-refractivity contribution in [3.63, 3.8) is 0 Å². The first kappa shape index (κ1) is 23.1. The lowest BCUT2D eigenvalue weighted by molar-refractivity contribution is 0.248. The smallest absolute Gasteiger partial charge is 0.193 e. The zero-order chi connectivity index (χ0) is 19.1. The maximum Gasteiger partial charge on any atom is 0.193 e. The molecule has 0 spiro atoms. The molecular weight excluding hydrogens is 465 g/mol. The second-order valence-electron chi connectivity index (χ2n) is 7.54. The molecule has 158 valence electrons. The summed E-state index contributed by atoms with van der Waals surface area (Å²) in [5.41, 5.74) is 1.18. The van der Waals surface area contributed by atoms with E-state index >= 15 is 0 Å². The Morgan fingerprint density at radius 2 is 1.86 bits per heavy atom. The van der Waals surface area contributed by atoms with E-state index in [1.807, 2.05) is 19.2 Å². The highest BCUT2D eigenvalue weighted by molar-refractivity contribution is 14.0. The standard InChI is InChI=1S/C21H35N5O.HI/c1-22-21(23-12-13-24(2)18-8-4-5-9-18)26-16-14-25(15-17-26)19-10-6-7-11-20(19)27-3;/h6-7,10-11,18H,4-5,8-9,12-17H2,1-3H3,(H,22,23);1H. The van der Waals surface area contributed by atoms with Crippen LogP contribution in [0.1, 0.15) is 25.7 Å². The van der Waals surface area contributed by atoms with Crippen LogP contribution in [0.25, 0.3) is 0 Å². The highest BCUT2D eigenvalue weighted by atomic mass is 127. The third kappa shape index (κ3) is 5.89. The van der Waals surface area contributed by atoms with Gasteiger partial charge in [0.15, 0.2) is 5.96 Å². The zero-order valence-corrected chi connectivity index (χ0v) is 19.9. The van der Waals surface area contributed by atoms with Crippen molar-refractivity contribution in [1.29, 1.82) is 0 Å². The minimum atomic E-state index is 0. The molecule has 2 aliphatic rings. The molecule has 28 heavy (non-hydrogen) atoms. The molecule has 2 fully saturated rings. The number of ether oxygens (including phenoxy) is 1. The number of anilines is 1. The first-order valence-corrected chi connectivity index (χ1v) is 10.3. The number of guanidine groups is 1. The van der Waals surface area contributed by atoms with Crippen LogP contribution in [0.2, 0.25) is 0 Å². The first-order valence-electron chi connectivity index (χ1n) is 10.3. The molecular formula is C21H36IN5O. The topological polar surface area (TPSA) is 43.3 Å². The molecule has 0 unspecified atom stereocenters. The number of benzene rings is 1. The lowest BCUT2D eigenvalue weighted by Crippen LogP contribution is -2.53. The predicted octanol–water partition coefficient (Wildman–Crippen LogP) is 2.89. The van der Waals surface area contributed by atoms with Gasteiger partial charge in [-0.15, -0.1) is 24.0 Å². The number of para-hydroxylation sites is 2. The largest absolute Gasteiger partial charge is 0.495 e. The summed E-state index contributed by atoms with van der Waals surface area (Å²) in [5.74, 6) is 1.97. The number of likely N-dealkylation sites (N-methyl/N-ethyl adjacent to an activating group) is 1. The van der Waals surface area contributed by atoms with Crippen LogP contribution in [-0.4, -0.2) is 82.3 Å². The van der Waals surface area contributed by atoms with Gasteiger partial charge in [-0.1, -0.05) is 25.0 Å². The number of piperazine rings is 1. The molecule has 1 aliphatic carbocycles. The van der Waals surface area contributed by atoms with Gasteiger partial charge in [-0.3, -0.25) is 4.99 Å². The lowest BCUT2D eigenvalue weighted by Gasteiger charge is -2.38. The summed E-state index contributed by atoms with van der Waals surface area (Å²) < 4.78 is 5.52. The third-order valence-electron chi connectivity index (χ3n) is 5.91. The molecule has 7 heteroatoms. The van der Waals surface area contributed by atoms with Gasteiger partial charge in [-0.2, -0.15) is 0 Å². The van der Waals surface area contributed by atoms with Gasteiger partial charge in [0.25, 0.3) is 0 Å². The fourth-order valence-electron chi connectivity index (χ4n) is 4.25. The van der Waals surface area contributed by atoms with E-state index in [-0.39, 0.29) is 24.0 Å². The molecule has 1 aromatic carbocycles. The number of hydrogen-bond acceptors (Lipinski definition) is 4. The normalized spacial score (nSPS) is 18.4. The lowest BCUT2D eigenvalue weighted by atomic mass is 10.2. The second kappa shape index (κ2) is 11.7. The monoisotopic (exact) mass is 501 g/mol. The predicted molar refractivity (Wildman–Crippen MR) is 128 cm³/mol. The Morgan fingerprint density at radius 1 is 1.18 bits per heavy atom. The van der Waals surface area contributed by atoms with E-state index in [1.54, 1.807) is 7.11 Å². The summed E-state index contributed by atoms with van der Waals surface area (Å²) in [7, 11) is 5.88. The highest BCUT2D eigenvalue weighted by Crippen LogP contribution is 2.28. The molecule has 6 nitrogen and oxygen atoms in total. The molecule has 1 heterocycles. The average molecular weight is 501 g/mol. The van der Waals surface area contributed by atoms with Crippen LogP contribution in [0.5, 0.6) is 5.75 Å². The van der Waals surface area contributed by atoms with Crippen molar-refractivity contribution in [1.82, 2.24) is 15.1 Å². The van der Waals surface area contributed by atoms with Gasteiger partial charge in [0, 0.05) is 52.4 Å².